The molecule has 0 aliphatic heterocycles. The Hall–Kier alpha value is -3.19. The van der Waals surface area contributed by atoms with Gasteiger partial charge in [-0.1, -0.05) is 79.6 Å². The van der Waals surface area contributed by atoms with Crippen molar-refractivity contribution in [2.75, 3.05) is 5.75 Å². The van der Waals surface area contributed by atoms with Crippen LogP contribution in [0, 0.1) is 0 Å². The molecule has 1 aliphatic rings. The number of rotatable bonds is 6. The minimum Gasteiger partial charge on any atom is -0.353 e. The maximum atomic E-state index is 12.5. The van der Waals surface area contributed by atoms with Crippen molar-refractivity contribution in [3.8, 4) is 22.6 Å². The molecule has 6 nitrogen and oxygen atoms in total. The number of benzene rings is 2. The third-order valence-corrected chi connectivity index (χ3v) is 7.18. The van der Waals surface area contributed by atoms with Crippen molar-refractivity contribution < 1.29 is 4.79 Å². The highest BCUT2D eigenvalue weighted by Gasteiger charge is 2.19. The van der Waals surface area contributed by atoms with Gasteiger partial charge < -0.3 is 9.88 Å². The van der Waals surface area contributed by atoms with Crippen LogP contribution in [0.1, 0.15) is 32.1 Å². The van der Waals surface area contributed by atoms with Gasteiger partial charge in [-0.25, -0.2) is 4.98 Å². The first-order chi connectivity index (χ1) is 16.2. The van der Waals surface area contributed by atoms with Gasteiger partial charge in [0.15, 0.2) is 11.0 Å². The molecule has 33 heavy (non-hydrogen) atoms. The molecule has 0 radical (unpaired) electrons. The Labute approximate surface area is 197 Å². The molecule has 1 aliphatic carbocycles. The quantitative estimate of drug-likeness (QED) is 0.401. The minimum absolute atomic E-state index is 0.0668. The lowest BCUT2D eigenvalue weighted by Crippen LogP contribution is -2.37. The van der Waals surface area contributed by atoms with E-state index in [1.54, 1.807) is 0 Å². The number of thioether (sulfide) groups is 1. The molecular formula is C26H27N5OS. The van der Waals surface area contributed by atoms with Crippen LogP contribution in [-0.2, 0) is 11.8 Å². The lowest BCUT2D eigenvalue weighted by atomic mass is 9.95. The largest absolute Gasteiger partial charge is 0.353 e. The molecule has 1 amide bonds. The van der Waals surface area contributed by atoms with E-state index in [1.165, 1.54) is 31.0 Å². The Morgan fingerprint density at radius 2 is 1.79 bits per heavy atom. The molecule has 2 heterocycles. The van der Waals surface area contributed by atoms with Gasteiger partial charge in [0.2, 0.25) is 5.91 Å². The van der Waals surface area contributed by atoms with Gasteiger partial charge in [0.25, 0.3) is 0 Å². The van der Waals surface area contributed by atoms with Gasteiger partial charge in [0, 0.05) is 29.6 Å². The molecule has 7 heteroatoms. The number of fused-ring (bicyclic) bond motifs is 1. The molecular weight excluding hydrogens is 430 g/mol. The summed E-state index contributed by atoms with van der Waals surface area (Å²) in [5.74, 6) is 1.17. The van der Waals surface area contributed by atoms with Crippen LogP contribution in [0.25, 0.3) is 33.5 Å². The van der Waals surface area contributed by atoms with Gasteiger partial charge in [0.1, 0.15) is 0 Å². The number of hydrogen-bond donors (Lipinski definition) is 1. The highest BCUT2D eigenvalue weighted by atomic mass is 32.2. The molecule has 0 unspecified atom stereocenters. The zero-order valence-electron chi connectivity index (χ0n) is 18.7. The number of pyridine rings is 1. The summed E-state index contributed by atoms with van der Waals surface area (Å²) in [5, 5.41) is 13.8. The molecule has 2 aromatic carbocycles. The maximum absolute atomic E-state index is 12.5. The van der Waals surface area contributed by atoms with E-state index < -0.39 is 0 Å². The number of carbonyl (C=O) groups excluding carboxylic acids is 1. The van der Waals surface area contributed by atoms with Crippen LogP contribution in [0.2, 0.25) is 0 Å². The second-order valence-electron chi connectivity index (χ2n) is 8.49. The second-order valence-corrected chi connectivity index (χ2v) is 9.44. The van der Waals surface area contributed by atoms with Crippen LogP contribution in [0.5, 0.6) is 0 Å². The van der Waals surface area contributed by atoms with Crippen molar-refractivity contribution in [1.29, 1.82) is 0 Å². The summed E-state index contributed by atoms with van der Waals surface area (Å²) in [6, 6.07) is 20.6. The fraction of sp³-hybridized carbons (Fsp3) is 0.308. The molecule has 5 rings (SSSR count). The number of para-hydroxylation sites is 1. The van der Waals surface area contributed by atoms with Crippen LogP contribution in [0.3, 0.4) is 0 Å². The van der Waals surface area contributed by atoms with Crippen molar-refractivity contribution in [2.24, 2.45) is 7.05 Å². The van der Waals surface area contributed by atoms with E-state index in [1.807, 2.05) is 48.0 Å². The Morgan fingerprint density at radius 1 is 1.03 bits per heavy atom. The number of amides is 1. The van der Waals surface area contributed by atoms with Gasteiger partial charge in [-0.3, -0.25) is 4.79 Å². The van der Waals surface area contributed by atoms with Gasteiger partial charge in [-0.2, -0.15) is 0 Å². The summed E-state index contributed by atoms with van der Waals surface area (Å²) in [6.45, 7) is 0. The lowest BCUT2D eigenvalue weighted by molar-refractivity contribution is -0.119. The van der Waals surface area contributed by atoms with E-state index in [0.29, 0.717) is 11.8 Å². The van der Waals surface area contributed by atoms with Crippen molar-refractivity contribution in [2.45, 2.75) is 43.3 Å². The van der Waals surface area contributed by atoms with E-state index in [4.69, 9.17) is 4.98 Å². The molecule has 0 bridgehead atoms. The predicted molar refractivity (Wildman–Crippen MR) is 133 cm³/mol. The van der Waals surface area contributed by atoms with Crippen molar-refractivity contribution in [3.05, 3.63) is 60.7 Å². The Morgan fingerprint density at radius 3 is 2.61 bits per heavy atom. The fourth-order valence-electron chi connectivity index (χ4n) is 4.44. The van der Waals surface area contributed by atoms with Crippen LogP contribution in [0.15, 0.2) is 65.8 Å². The molecule has 168 valence electrons. The van der Waals surface area contributed by atoms with Crippen LogP contribution < -0.4 is 5.32 Å². The molecule has 1 N–H and O–H groups in total. The van der Waals surface area contributed by atoms with Crippen molar-refractivity contribution in [1.82, 2.24) is 25.1 Å². The van der Waals surface area contributed by atoms with Crippen LogP contribution in [-0.4, -0.2) is 37.5 Å². The first kappa shape index (κ1) is 21.6. The zero-order valence-corrected chi connectivity index (χ0v) is 19.5. The number of hydrogen-bond acceptors (Lipinski definition) is 5. The highest BCUT2D eigenvalue weighted by molar-refractivity contribution is 7.99. The molecule has 0 saturated heterocycles. The Bertz CT molecular complexity index is 1260. The summed E-state index contributed by atoms with van der Waals surface area (Å²) in [4.78, 5) is 17.3. The maximum Gasteiger partial charge on any atom is 0.230 e. The third kappa shape index (κ3) is 4.78. The number of nitrogens with one attached hydrogen (secondary N) is 1. The summed E-state index contributed by atoms with van der Waals surface area (Å²) in [6.07, 6.45) is 5.86. The van der Waals surface area contributed by atoms with Gasteiger partial charge in [-0.15, -0.1) is 10.2 Å². The summed E-state index contributed by atoms with van der Waals surface area (Å²) < 4.78 is 1.97. The monoisotopic (exact) mass is 457 g/mol. The first-order valence-corrected chi connectivity index (χ1v) is 12.4. The van der Waals surface area contributed by atoms with Gasteiger partial charge >= 0.3 is 0 Å². The van der Waals surface area contributed by atoms with E-state index in [2.05, 4.69) is 39.8 Å². The number of nitrogens with zero attached hydrogens (tertiary/aromatic N) is 4. The minimum atomic E-state index is 0.0668. The predicted octanol–water partition coefficient (Wildman–Crippen LogP) is 5.24. The molecule has 2 aromatic heterocycles. The Kier molecular flexibility index (Phi) is 6.39. The average Bonchev–Trinajstić information content (AvgIpc) is 3.23. The lowest BCUT2D eigenvalue weighted by Gasteiger charge is -2.22. The first-order valence-electron chi connectivity index (χ1n) is 11.5. The normalized spacial score (nSPS) is 14.5. The smallest absolute Gasteiger partial charge is 0.230 e. The molecule has 1 saturated carbocycles. The number of aromatic nitrogens is 4. The second kappa shape index (κ2) is 9.75. The molecule has 4 aromatic rings. The number of carbonyl (C=O) groups is 1. The SMILES string of the molecule is Cn1c(SCC(=O)NC2CCCCC2)nnc1-c1cc(-c2ccccc2)nc2ccccc12. The van der Waals surface area contributed by atoms with E-state index in [-0.39, 0.29) is 5.91 Å². The molecule has 0 atom stereocenters. The van der Waals surface area contributed by atoms with Crippen molar-refractivity contribution >= 4 is 28.6 Å². The van der Waals surface area contributed by atoms with E-state index in [9.17, 15) is 4.79 Å². The fourth-order valence-corrected chi connectivity index (χ4v) is 5.16. The topological polar surface area (TPSA) is 72.7 Å². The average molecular weight is 458 g/mol. The molecule has 1 fully saturated rings. The Balaban J connectivity index is 1.41. The van der Waals surface area contributed by atoms with Gasteiger partial charge in [0.05, 0.1) is 17.0 Å². The van der Waals surface area contributed by atoms with E-state index in [0.717, 1.165) is 51.5 Å². The summed E-state index contributed by atoms with van der Waals surface area (Å²) in [5.41, 5.74) is 3.85. The summed E-state index contributed by atoms with van der Waals surface area (Å²) in [7, 11) is 1.95. The van der Waals surface area contributed by atoms with Crippen molar-refractivity contribution in [3.63, 3.8) is 0 Å². The third-order valence-electron chi connectivity index (χ3n) is 6.16. The van der Waals surface area contributed by atoms with E-state index >= 15 is 0 Å². The van der Waals surface area contributed by atoms with Gasteiger partial charge in [-0.05, 0) is 25.0 Å². The molecule has 0 spiro atoms. The highest BCUT2D eigenvalue weighted by Crippen LogP contribution is 2.32. The van der Waals surface area contributed by atoms with Crippen LogP contribution in [0.4, 0.5) is 0 Å². The van der Waals surface area contributed by atoms with Crippen LogP contribution >= 0.6 is 11.8 Å². The summed E-state index contributed by atoms with van der Waals surface area (Å²) >= 11 is 1.43. The standard InChI is InChI=1S/C26H27N5OS/c1-31-25(29-30-26(31)33-17-24(32)27-19-12-6-3-7-13-19)21-16-23(18-10-4-2-5-11-18)28-22-15-9-8-14-20(21)22/h2,4-5,8-11,14-16,19H,3,6-7,12-13,17H2,1H3,(H,27,32). The zero-order chi connectivity index (χ0) is 22.6.